The van der Waals surface area contributed by atoms with Crippen molar-refractivity contribution in [1.29, 1.82) is 0 Å². The number of halogens is 1. The van der Waals surface area contributed by atoms with Gasteiger partial charge in [-0.25, -0.2) is 9.97 Å². The summed E-state index contributed by atoms with van der Waals surface area (Å²) in [6.45, 7) is 0.521. The second-order valence-corrected chi connectivity index (χ2v) is 3.75. The van der Waals surface area contributed by atoms with Crippen molar-refractivity contribution in [3.63, 3.8) is 0 Å². The van der Waals surface area contributed by atoms with Crippen LogP contribution in [0, 0.1) is 3.57 Å². The molecule has 1 aromatic heterocycles. The zero-order valence-electron chi connectivity index (χ0n) is 8.03. The second kappa shape index (κ2) is 6.10. The van der Waals surface area contributed by atoms with E-state index < -0.39 is 0 Å². The maximum absolute atomic E-state index is 5.00. The van der Waals surface area contributed by atoms with Crippen LogP contribution < -0.4 is 5.32 Å². The summed E-state index contributed by atoms with van der Waals surface area (Å²) in [4.78, 5) is 8.16. The van der Waals surface area contributed by atoms with Crippen molar-refractivity contribution in [3.05, 3.63) is 16.0 Å². The van der Waals surface area contributed by atoms with Gasteiger partial charge in [0.25, 0.3) is 0 Å². The first-order valence-electron chi connectivity index (χ1n) is 4.03. The number of methoxy groups -OCH3 is 2. The van der Waals surface area contributed by atoms with Gasteiger partial charge >= 0.3 is 0 Å². The molecule has 0 fully saturated rings. The van der Waals surface area contributed by atoms with Crippen LogP contribution in [0.25, 0.3) is 0 Å². The van der Waals surface area contributed by atoms with Gasteiger partial charge in [0.2, 0.25) is 5.95 Å². The van der Waals surface area contributed by atoms with E-state index in [1.54, 1.807) is 26.6 Å². The standard InChI is InChI=1S/C8H12IN3O2/c1-13-7(14-2)5-12-8-10-3-6(9)4-11-8/h3-4,7H,5H2,1-2H3,(H,10,11,12). The molecular formula is C8H12IN3O2. The minimum atomic E-state index is -0.280. The smallest absolute Gasteiger partial charge is 0.222 e. The van der Waals surface area contributed by atoms with Gasteiger partial charge in [-0.3, -0.25) is 0 Å². The minimum absolute atomic E-state index is 0.280. The normalized spacial score (nSPS) is 10.6. The molecule has 1 aromatic rings. The monoisotopic (exact) mass is 309 g/mol. The zero-order valence-corrected chi connectivity index (χ0v) is 10.2. The van der Waals surface area contributed by atoms with Crippen LogP contribution in [0.1, 0.15) is 0 Å². The van der Waals surface area contributed by atoms with Gasteiger partial charge in [0, 0.05) is 30.2 Å². The fourth-order valence-corrected chi connectivity index (χ4v) is 1.12. The molecule has 0 aliphatic carbocycles. The SMILES string of the molecule is COC(CNc1ncc(I)cn1)OC. The van der Waals surface area contributed by atoms with E-state index in [-0.39, 0.29) is 6.29 Å². The molecular weight excluding hydrogens is 297 g/mol. The molecule has 5 nitrogen and oxygen atoms in total. The molecule has 0 aliphatic heterocycles. The Kier molecular flexibility index (Phi) is 5.05. The minimum Gasteiger partial charge on any atom is -0.354 e. The molecule has 1 N–H and O–H groups in total. The number of ether oxygens (including phenoxy) is 2. The molecule has 0 saturated carbocycles. The average Bonchev–Trinajstić information content (AvgIpc) is 2.22. The van der Waals surface area contributed by atoms with E-state index in [2.05, 4.69) is 37.9 Å². The van der Waals surface area contributed by atoms with Crippen LogP contribution in [-0.4, -0.2) is 37.0 Å². The lowest BCUT2D eigenvalue weighted by atomic mass is 10.6. The van der Waals surface area contributed by atoms with Crippen LogP contribution in [0.2, 0.25) is 0 Å². The Bertz CT molecular complexity index is 264. The van der Waals surface area contributed by atoms with Crippen molar-refractivity contribution in [3.8, 4) is 0 Å². The summed E-state index contributed by atoms with van der Waals surface area (Å²) in [7, 11) is 3.18. The van der Waals surface area contributed by atoms with E-state index in [0.29, 0.717) is 12.5 Å². The number of rotatable bonds is 5. The summed E-state index contributed by atoms with van der Waals surface area (Å²) in [5.41, 5.74) is 0. The van der Waals surface area contributed by atoms with E-state index in [9.17, 15) is 0 Å². The van der Waals surface area contributed by atoms with Crippen molar-refractivity contribution >= 4 is 28.5 Å². The zero-order chi connectivity index (χ0) is 10.4. The van der Waals surface area contributed by atoms with Crippen LogP contribution in [0.4, 0.5) is 5.95 Å². The van der Waals surface area contributed by atoms with Gasteiger partial charge in [0.15, 0.2) is 6.29 Å². The number of hydrogen-bond acceptors (Lipinski definition) is 5. The predicted octanol–water partition coefficient (Wildman–Crippen LogP) is 1.11. The molecule has 0 aromatic carbocycles. The van der Waals surface area contributed by atoms with E-state index in [0.717, 1.165) is 3.57 Å². The number of nitrogens with one attached hydrogen (secondary N) is 1. The Morgan fingerprint density at radius 1 is 1.36 bits per heavy atom. The largest absolute Gasteiger partial charge is 0.354 e. The highest BCUT2D eigenvalue weighted by molar-refractivity contribution is 14.1. The number of anilines is 1. The van der Waals surface area contributed by atoms with Gasteiger partial charge in [-0.2, -0.15) is 0 Å². The maximum Gasteiger partial charge on any atom is 0.222 e. The third-order valence-corrected chi connectivity index (χ3v) is 2.13. The summed E-state index contributed by atoms with van der Waals surface area (Å²) in [6, 6.07) is 0. The molecule has 0 saturated heterocycles. The highest BCUT2D eigenvalue weighted by Crippen LogP contribution is 2.03. The summed E-state index contributed by atoms with van der Waals surface area (Å²) in [5.74, 6) is 0.574. The second-order valence-electron chi connectivity index (χ2n) is 2.51. The van der Waals surface area contributed by atoms with Crippen LogP contribution >= 0.6 is 22.6 Å². The summed E-state index contributed by atoms with van der Waals surface area (Å²) in [6.07, 6.45) is 3.20. The van der Waals surface area contributed by atoms with E-state index in [4.69, 9.17) is 9.47 Å². The van der Waals surface area contributed by atoms with Crippen LogP contribution in [0.3, 0.4) is 0 Å². The van der Waals surface area contributed by atoms with Crippen molar-refractivity contribution in [1.82, 2.24) is 9.97 Å². The highest BCUT2D eigenvalue weighted by Gasteiger charge is 2.04. The fraction of sp³-hybridized carbons (Fsp3) is 0.500. The van der Waals surface area contributed by atoms with Crippen molar-refractivity contribution in [2.45, 2.75) is 6.29 Å². The van der Waals surface area contributed by atoms with Crippen molar-refractivity contribution in [2.24, 2.45) is 0 Å². The number of hydrogen-bond donors (Lipinski definition) is 1. The van der Waals surface area contributed by atoms with Crippen molar-refractivity contribution < 1.29 is 9.47 Å². The number of nitrogens with zero attached hydrogens (tertiary/aromatic N) is 2. The molecule has 0 spiro atoms. The predicted molar refractivity (Wildman–Crippen MR) is 61.0 cm³/mol. The molecule has 0 amide bonds. The third-order valence-electron chi connectivity index (χ3n) is 1.57. The third kappa shape index (κ3) is 3.72. The van der Waals surface area contributed by atoms with Gasteiger partial charge < -0.3 is 14.8 Å². The van der Waals surface area contributed by atoms with E-state index >= 15 is 0 Å². The first kappa shape index (κ1) is 11.6. The Labute approximate surface area is 96.4 Å². The number of aromatic nitrogens is 2. The molecule has 0 bridgehead atoms. The summed E-state index contributed by atoms with van der Waals surface area (Å²) >= 11 is 2.15. The van der Waals surface area contributed by atoms with Gasteiger partial charge in [0.05, 0.1) is 6.54 Å². The Morgan fingerprint density at radius 2 is 1.93 bits per heavy atom. The Hall–Kier alpha value is -0.470. The van der Waals surface area contributed by atoms with E-state index in [1.807, 2.05) is 0 Å². The Balaban J connectivity index is 2.41. The van der Waals surface area contributed by atoms with E-state index in [1.165, 1.54) is 0 Å². The molecule has 78 valence electrons. The molecule has 1 rings (SSSR count). The van der Waals surface area contributed by atoms with Gasteiger partial charge in [-0.15, -0.1) is 0 Å². The topological polar surface area (TPSA) is 56.3 Å². The lowest BCUT2D eigenvalue weighted by molar-refractivity contribution is -0.0914. The molecule has 14 heavy (non-hydrogen) atoms. The quantitative estimate of drug-likeness (QED) is 0.652. The molecule has 0 radical (unpaired) electrons. The summed E-state index contributed by atoms with van der Waals surface area (Å²) < 4.78 is 11.0. The molecule has 0 unspecified atom stereocenters. The van der Waals surface area contributed by atoms with Crippen LogP contribution in [-0.2, 0) is 9.47 Å². The van der Waals surface area contributed by atoms with Crippen molar-refractivity contribution in [2.75, 3.05) is 26.1 Å². The molecule has 0 atom stereocenters. The lowest BCUT2D eigenvalue weighted by Crippen LogP contribution is -2.24. The molecule has 1 heterocycles. The lowest BCUT2D eigenvalue weighted by Gasteiger charge is -2.13. The molecule has 6 heteroatoms. The van der Waals surface area contributed by atoms with Crippen LogP contribution in [0.15, 0.2) is 12.4 Å². The fourth-order valence-electron chi connectivity index (χ4n) is 0.841. The maximum atomic E-state index is 5.00. The highest BCUT2D eigenvalue weighted by atomic mass is 127. The van der Waals surface area contributed by atoms with Gasteiger partial charge in [-0.1, -0.05) is 0 Å². The van der Waals surface area contributed by atoms with Gasteiger partial charge in [0.1, 0.15) is 0 Å². The van der Waals surface area contributed by atoms with Gasteiger partial charge in [-0.05, 0) is 22.6 Å². The Morgan fingerprint density at radius 3 is 2.43 bits per heavy atom. The average molecular weight is 309 g/mol. The first-order valence-corrected chi connectivity index (χ1v) is 5.11. The first-order chi connectivity index (χ1) is 6.76. The van der Waals surface area contributed by atoms with Crippen LogP contribution in [0.5, 0.6) is 0 Å². The summed E-state index contributed by atoms with van der Waals surface area (Å²) in [5, 5.41) is 3.00. The molecule has 0 aliphatic rings.